The van der Waals surface area contributed by atoms with Gasteiger partial charge in [-0.25, -0.2) is 0 Å². The van der Waals surface area contributed by atoms with E-state index in [4.69, 9.17) is 9.47 Å². The molecule has 2 aromatic rings. The lowest BCUT2D eigenvalue weighted by Crippen LogP contribution is -2.50. The molecule has 26 heavy (non-hydrogen) atoms. The van der Waals surface area contributed by atoms with Crippen molar-refractivity contribution in [3.63, 3.8) is 0 Å². The van der Waals surface area contributed by atoms with E-state index in [1.165, 1.54) is 0 Å². The van der Waals surface area contributed by atoms with Crippen molar-refractivity contribution < 1.29 is 14.3 Å². The predicted octanol–water partition coefficient (Wildman–Crippen LogP) is 2.45. The summed E-state index contributed by atoms with van der Waals surface area (Å²) in [6, 6.07) is 11.3. The minimum atomic E-state index is -0.0401. The molecule has 1 aliphatic rings. The monoisotopic (exact) mass is 377 g/mol. The first-order chi connectivity index (χ1) is 12.3. The van der Waals surface area contributed by atoms with Crippen LogP contribution in [0.5, 0.6) is 11.5 Å². The second-order valence-corrected chi connectivity index (χ2v) is 5.76. The Morgan fingerprint density at radius 1 is 1.23 bits per heavy atom. The second kappa shape index (κ2) is 9.99. The molecule has 6 nitrogen and oxygen atoms in total. The number of amides is 1. The van der Waals surface area contributed by atoms with Gasteiger partial charge >= 0.3 is 0 Å². The van der Waals surface area contributed by atoms with Gasteiger partial charge in [0.1, 0.15) is 0 Å². The third-order valence-corrected chi connectivity index (χ3v) is 4.13. The standard InChI is InChI=1S/C19H23N3O3.ClH/c1-2-24-17-7-3-4-8-18(17)25-14-19(23)22-11-10-21-13-16(22)15-6-5-9-20-12-15;/h3-9,12,16,21H,2,10-11,13-14H2,1H3;1H. The molecule has 1 unspecified atom stereocenters. The third kappa shape index (κ3) is 4.86. The molecule has 1 fully saturated rings. The number of aromatic nitrogens is 1. The predicted molar refractivity (Wildman–Crippen MR) is 102 cm³/mol. The SMILES string of the molecule is CCOc1ccccc1OCC(=O)N1CCNCC1c1cccnc1.Cl. The van der Waals surface area contributed by atoms with Crippen molar-refractivity contribution in [3.05, 3.63) is 54.4 Å². The molecule has 7 heteroatoms. The lowest BCUT2D eigenvalue weighted by molar-refractivity contribution is -0.136. The van der Waals surface area contributed by atoms with Crippen LogP contribution in [0.1, 0.15) is 18.5 Å². The van der Waals surface area contributed by atoms with E-state index in [1.807, 2.05) is 54.4 Å². The maximum Gasteiger partial charge on any atom is 0.261 e. The van der Waals surface area contributed by atoms with Gasteiger partial charge in [0.2, 0.25) is 0 Å². The Morgan fingerprint density at radius 3 is 2.69 bits per heavy atom. The largest absolute Gasteiger partial charge is 0.490 e. The molecule has 140 valence electrons. The number of para-hydroxylation sites is 2. The van der Waals surface area contributed by atoms with Gasteiger partial charge in [-0.3, -0.25) is 9.78 Å². The number of carbonyl (C=O) groups excluding carboxylic acids is 1. The maximum atomic E-state index is 12.7. The lowest BCUT2D eigenvalue weighted by Gasteiger charge is -2.36. The van der Waals surface area contributed by atoms with Crippen LogP contribution in [0.2, 0.25) is 0 Å². The van der Waals surface area contributed by atoms with Crippen LogP contribution in [0.4, 0.5) is 0 Å². The number of rotatable bonds is 6. The summed E-state index contributed by atoms with van der Waals surface area (Å²) in [5, 5.41) is 3.34. The highest BCUT2D eigenvalue weighted by Crippen LogP contribution is 2.27. The van der Waals surface area contributed by atoms with Gasteiger partial charge in [-0.1, -0.05) is 18.2 Å². The molecule has 1 aromatic carbocycles. The molecule has 1 N–H and O–H groups in total. The second-order valence-electron chi connectivity index (χ2n) is 5.76. The van der Waals surface area contributed by atoms with Crippen LogP contribution in [0, 0.1) is 0 Å². The fraction of sp³-hybridized carbons (Fsp3) is 0.368. The van der Waals surface area contributed by atoms with Crippen LogP contribution in [-0.4, -0.2) is 48.6 Å². The molecular formula is C19H24ClN3O3. The third-order valence-electron chi connectivity index (χ3n) is 4.13. The van der Waals surface area contributed by atoms with E-state index in [9.17, 15) is 4.79 Å². The van der Waals surface area contributed by atoms with Gasteiger partial charge in [0.05, 0.1) is 12.6 Å². The molecule has 0 bridgehead atoms. The van der Waals surface area contributed by atoms with Gasteiger partial charge in [0.25, 0.3) is 5.91 Å². The maximum absolute atomic E-state index is 12.7. The molecule has 1 aromatic heterocycles. The number of halogens is 1. The van der Waals surface area contributed by atoms with Gasteiger partial charge in [-0.2, -0.15) is 0 Å². The highest BCUT2D eigenvalue weighted by Gasteiger charge is 2.28. The molecule has 3 rings (SSSR count). The number of benzene rings is 1. The first kappa shape index (κ1) is 20.0. The minimum Gasteiger partial charge on any atom is -0.490 e. The van der Waals surface area contributed by atoms with Crippen LogP contribution < -0.4 is 14.8 Å². The summed E-state index contributed by atoms with van der Waals surface area (Å²) in [5.74, 6) is 1.20. The summed E-state index contributed by atoms with van der Waals surface area (Å²) >= 11 is 0. The first-order valence-corrected chi connectivity index (χ1v) is 8.54. The van der Waals surface area contributed by atoms with Crippen molar-refractivity contribution in [1.29, 1.82) is 0 Å². The van der Waals surface area contributed by atoms with Gasteiger partial charge in [0.15, 0.2) is 18.1 Å². The molecule has 1 aliphatic heterocycles. The van der Waals surface area contributed by atoms with Crippen molar-refractivity contribution in [2.45, 2.75) is 13.0 Å². The zero-order chi connectivity index (χ0) is 17.5. The van der Waals surface area contributed by atoms with E-state index in [-0.39, 0.29) is 31.0 Å². The van der Waals surface area contributed by atoms with E-state index in [0.717, 1.165) is 12.1 Å². The topological polar surface area (TPSA) is 63.7 Å². The molecule has 0 spiro atoms. The molecule has 2 heterocycles. The van der Waals surface area contributed by atoms with Crippen LogP contribution in [0.15, 0.2) is 48.8 Å². The van der Waals surface area contributed by atoms with E-state index in [0.29, 0.717) is 31.2 Å². The van der Waals surface area contributed by atoms with Gasteiger partial charge in [-0.15, -0.1) is 12.4 Å². The van der Waals surface area contributed by atoms with Gasteiger partial charge < -0.3 is 19.7 Å². The molecular weight excluding hydrogens is 354 g/mol. The lowest BCUT2D eigenvalue weighted by atomic mass is 10.1. The summed E-state index contributed by atoms with van der Waals surface area (Å²) in [4.78, 5) is 18.8. The van der Waals surface area contributed by atoms with E-state index < -0.39 is 0 Å². The Morgan fingerprint density at radius 2 is 2.00 bits per heavy atom. The molecule has 0 radical (unpaired) electrons. The van der Waals surface area contributed by atoms with Crippen molar-refractivity contribution in [3.8, 4) is 11.5 Å². The Balaban J connectivity index is 0.00000243. The number of carbonyl (C=O) groups is 1. The van der Waals surface area contributed by atoms with E-state index >= 15 is 0 Å². The van der Waals surface area contributed by atoms with E-state index in [1.54, 1.807) is 6.20 Å². The number of nitrogens with one attached hydrogen (secondary N) is 1. The molecule has 0 saturated carbocycles. The van der Waals surface area contributed by atoms with Crippen LogP contribution in [0.25, 0.3) is 0 Å². The van der Waals surface area contributed by atoms with Crippen molar-refractivity contribution in [2.24, 2.45) is 0 Å². The van der Waals surface area contributed by atoms with Crippen molar-refractivity contribution in [1.82, 2.24) is 15.2 Å². The molecule has 1 saturated heterocycles. The van der Waals surface area contributed by atoms with Gasteiger partial charge in [0, 0.05) is 32.0 Å². The number of pyridine rings is 1. The average molecular weight is 378 g/mol. The molecule has 0 aliphatic carbocycles. The Bertz CT molecular complexity index is 699. The number of ether oxygens (including phenoxy) is 2. The number of nitrogens with zero attached hydrogens (tertiary/aromatic N) is 2. The molecule has 1 amide bonds. The summed E-state index contributed by atoms with van der Waals surface area (Å²) in [6.07, 6.45) is 3.54. The average Bonchev–Trinajstić information content (AvgIpc) is 2.68. The normalized spacial score (nSPS) is 16.5. The fourth-order valence-electron chi connectivity index (χ4n) is 2.94. The van der Waals surface area contributed by atoms with Crippen LogP contribution >= 0.6 is 12.4 Å². The fourth-order valence-corrected chi connectivity index (χ4v) is 2.94. The number of hydrogen-bond donors (Lipinski definition) is 1. The number of piperazine rings is 1. The highest BCUT2D eigenvalue weighted by atomic mass is 35.5. The highest BCUT2D eigenvalue weighted by molar-refractivity contribution is 5.85. The summed E-state index contributed by atoms with van der Waals surface area (Å²) in [7, 11) is 0. The number of hydrogen-bond acceptors (Lipinski definition) is 5. The van der Waals surface area contributed by atoms with Crippen LogP contribution in [-0.2, 0) is 4.79 Å². The smallest absolute Gasteiger partial charge is 0.261 e. The van der Waals surface area contributed by atoms with E-state index in [2.05, 4.69) is 10.3 Å². The van der Waals surface area contributed by atoms with Crippen molar-refractivity contribution in [2.75, 3.05) is 32.8 Å². The van der Waals surface area contributed by atoms with Crippen LogP contribution in [0.3, 0.4) is 0 Å². The van der Waals surface area contributed by atoms with Crippen molar-refractivity contribution >= 4 is 18.3 Å². The first-order valence-electron chi connectivity index (χ1n) is 8.54. The minimum absolute atomic E-state index is 0. The summed E-state index contributed by atoms with van der Waals surface area (Å²) < 4.78 is 11.3. The molecule has 1 atom stereocenters. The Kier molecular flexibility index (Phi) is 7.69. The van der Waals surface area contributed by atoms with Gasteiger partial charge in [-0.05, 0) is 30.7 Å². The summed E-state index contributed by atoms with van der Waals surface area (Å²) in [5.41, 5.74) is 1.03. The zero-order valence-electron chi connectivity index (χ0n) is 14.8. The Labute approximate surface area is 159 Å². The zero-order valence-corrected chi connectivity index (χ0v) is 15.6. The summed E-state index contributed by atoms with van der Waals surface area (Å²) in [6.45, 7) is 4.59. The Hall–Kier alpha value is -2.31. The quantitative estimate of drug-likeness (QED) is 0.837.